The first-order valence-electron chi connectivity index (χ1n) is 7.08. The molecule has 2 aliphatic rings. The summed E-state index contributed by atoms with van der Waals surface area (Å²) >= 11 is 0. The van der Waals surface area contributed by atoms with Gasteiger partial charge in [0.25, 0.3) is 0 Å². The SMILES string of the molecule is COC(=O)c1ccc(N(C)C2CC3CCC(C2)N3)nn1. The molecule has 1 N–H and O–H groups in total. The van der Waals surface area contributed by atoms with Gasteiger partial charge in [0, 0.05) is 25.2 Å². The molecule has 6 nitrogen and oxygen atoms in total. The van der Waals surface area contributed by atoms with E-state index in [1.807, 2.05) is 6.07 Å². The Morgan fingerprint density at radius 2 is 2.00 bits per heavy atom. The van der Waals surface area contributed by atoms with Crippen LogP contribution in [-0.2, 0) is 4.74 Å². The minimum Gasteiger partial charge on any atom is -0.464 e. The Hall–Kier alpha value is -1.69. The third-order valence-corrected chi connectivity index (χ3v) is 4.40. The molecule has 0 amide bonds. The van der Waals surface area contributed by atoms with Crippen molar-refractivity contribution in [2.45, 2.75) is 43.8 Å². The predicted octanol–water partition coefficient (Wildman–Crippen LogP) is 0.982. The Kier molecular flexibility index (Phi) is 3.56. The van der Waals surface area contributed by atoms with E-state index in [0.29, 0.717) is 18.1 Å². The number of hydrogen-bond acceptors (Lipinski definition) is 6. The molecule has 2 atom stereocenters. The third kappa shape index (κ3) is 2.47. The van der Waals surface area contributed by atoms with Crippen molar-refractivity contribution >= 4 is 11.8 Å². The van der Waals surface area contributed by atoms with Gasteiger partial charge < -0.3 is 15.0 Å². The van der Waals surface area contributed by atoms with Crippen molar-refractivity contribution in [1.82, 2.24) is 15.5 Å². The second-order valence-electron chi connectivity index (χ2n) is 5.64. The molecule has 0 saturated carbocycles. The van der Waals surface area contributed by atoms with E-state index in [0.717, 1.165) is 18.7 Å². The van der Waals surface area contributed by atoms with Gasteiger partial charge in [-0.2, -0.15) is 0 Å². The van der Waals surface area contributed by atoms with Gasteiger partial charge in [0.1, 0.15) is 0 Å². The Bertz CT molecular complexity index is 478. The highest BCUT2D eigenvalue weighted by Crippen LogP contribution is 2.30. The van der Waals surface area contributed by atoms with Gasteiger partial charge in [0.15, 0.2) is 11.5 Å². The second-order valence-corrected chi connectivity index (χ2v) is 5.64. The van der Waals surface area contributed by atoms with E-state index in [1.165, 1.54) is 20.0 Å². The summed E-state index contributed by atoms with van der Waals surface area (Å²) in [6.45, 7) is 0. The standard InChI is InChI=1S/C14H20N4O2/c1-18(11-7-9-3-4-10(8-11)15-9)13-6-5-12(16-17-13)14(19)20-2/h5-6,9-11,15H,3-4,7-8H2,1-2H3. The fraction of sp³-hybridized carbons (Fsp3) is 0.643. The Morgan fingerprint density at radius 3 is 2.55 bits per heavy atom. The van der Waals surface area contributed by atoms with E-state index in [9.17, 15) is 4.79 Å². The van der Waals surface area contributed by atoms with Crippen molar-refractivity contribution < 1.29 is 9.53 Å². The molecule has 2 fully saturated rings. The second kappa shape index (κ2) is 5.36. The van der Waals surface area contributed by atoms with Crippen molar-refractivity contribution in [3.8, 4) is 0 Å². The lowest BCUT2D eigenvalue weighted by Crippen LogP contribution is -2.47. The number of carbonyl (C=O) groups excluding carboxylic acids is 1. The van der Waals surface area contributed by atoms with Crippen LogP contribution in [0.25, 0.3) is 0 Å². The van der Waals surface area contributed by atoms with Crippen LogP contribution in [0.2, 0.25) is 0 Å². The summed E-state index contributed by atoms with van der Waals surface area (Å²) in [7, 11) is 3.39. The zero-order valence-corrected chi connectivity index (χ0v) is 11.9. The quantitative estimate of drug-likeness (QED) is 0.830. The average molecular weight is 276 g/mol. The van der Waals surface area contributed by atoms with Gasteiger partial charge in [-0.3, -0.25) is 0 Å². The monoisotopic (exact) mass is 276 g/mol. The summed E-state index contributed by atoms with van der Waals surface area (Å²) in [5.74, 6) is 0.357. The summed E-state index contributed by atoms with van der Waals surface area (Å²) in [4.78, 5) is 13.5. The molecule has 1 aromatic rings. The number of rotatable bonds is 3. The highest BCUT2D eigenvalue weighted by atomic mass is 16.5. The van der Waals surface area contributed by atoms with Gasteiger partial charge in [0.05, 0.1) is 7.11 Å². The first-order chi connectivity index (χ1) is 9.67. The number of piperidine rings is 1. The van der Waals surface area contributed by atoms with E-state index in [-0.39, 0.29) is 5.69 Å². The summed E-state index contributed by atoms with van der Waals surface area (Å²) < 4.78 is 4.63. The first-order valence-corrected chi connectivity index (χ1v) is 7.08. The highest BCUT2D eigenvalue weighted by Gasteiger charge is 2.35. The van der Waals surface area contributed by atoms with E-state index in [2.05, 4.69) is 32.2 Å². The van der Waals surface area contributed by atoms with Crippen molar-refractivity contribution in [2.24, 2.45) is 0 Å². The third-order valence-electron chi connectivity index (χ3n) is 4.40. The van der Waals surface area contributed by atoms with Crippen LogP contribution in [0, 0.1) is 0 Å². The van der Waals surface area contributed by atoms with Gasteiger partial charge in [-0.1, -0.05) is 0 Å². The van der Waals surface area contributed by atoms with Gasteiger partial charge in [-0.25, -0.2) is 4.79 Å². The van der Waals surface area contributed by atoms with Gasteiger partial charge in [-0.15, -0.1) is 10.2 Å². The largest absolute Gasteiger partial charge is 0.464 e. The van der Waals surface area contributed by atoms with Crippen LogP contribution in [0.5, 0.6) is 0 Å². The van der Waals surface area contributed by atoms with Crippen molar-refractivity contribution in [1.29, 1.82) is 0 Å². The minimum atomic E-state index is -0.452. The van der Waals surface area contributed by atoms with Crippen LogP contribution in [0.4, 0.5) is 5.82 Å². The number of ether oxygens (including phenoxy) is 1. The van der Waals surface area contributed by atoms with Crippen LogP contribution in [0.1, 0.15) is 36.2 Å². The maximum absolute atomic E-state index is 11.3. The first kappa shape index (κ1) is 13.3. The number of fused-ring (bicyclic) bond motifs is 2. The number of esters is 1. The van der Waals surface area contributed by atoms with Gasteiger partial charge >= 0.3 is 5.97 Å². The van der Waals surface area contributed by atoms with E-state index in [1.54, 1.807) is 6.07 Å². The molecule has 3 rings (SSSR count). The normalized spacial score (nSPS) is 28.2. The smallest absolute Gasteiger partial charge is 0.358 e. The summed E-state index contributed by atoms with van der Waals surface area (Å²) in [5.41, 5.74) is 0.245. The maximum atomic E-state index is 11.3. The average Bonchev–Trinajstić information content (AvgIpc) is 2.84. The molecule has 2 saturated heterocycles. The zero-order chi connectivity index (χ0) is 14.1. The molecule has 20 heavy (non-hydrogen) atoms. The van der Waals surface area contributed by atoms with Crippen LogP contribution < -0.4 is 10.2 Å². The molecule has 0 spiro atoms. The van der Waals surface area contributed by atoms with Crippen LogP contribution in [0.3, 0.4) is 0 Å². The molecular formula is C14H20N4O2. The van der Waals surface area contributed by atoms with Crippen LogP contribution in [0.15, 0.2) is 12.1 Å². The topological polar surface area (TPSA) is 67.3 Å². The summed E-state index contributed by atoms with van der Waals surface area (Å²) in [6, 6.07) is 5.28. The van der Waals surface area contributed by atoms with Crippen LogP contribution in [-0.4, -0.2) is 48.4 Å². The van der Waals surface area contributed by atoms with Crippen molar-refractivity contribution in [2.75, 3.05) is 19.1 Å². The molecule has 2 aliphatic heterocycles. The highest BCUT2D eigenvalue weighted by molar-refractivity contribution is 5.86. The number of nitrogens with one attached hydrogen (secondary N) is 1. The number of nitrogens with zero attached hydrogens (tertiary/aromatic N) is 3. The van der Waals surface area contributed by atoms with Crippen molar-refractivity contribution in [3.05, 3.63) is 17.8 Å². The van der Waals surface area contributed by atoms with Gasteiger partial charge in [-0.05, 0) is 37.8 Å². The van der Waals surface area contributed by atoms with E-state index >= 15 is 0 Å². The molecule has 6 heteroatoms. The van der Waals surface area contributed by atoms with Crippen LogP contribution >= 0.6 is 0 Å². The van der Waals surface area contributed by atoms with Crippen molar-refractivity contribution in [3.63, 3.8) is 0 Å². The fourth-order valence-corrected chi connectivity index (χ4v) is 3.26. The molecule has 2 bridgehead atoms. The maximum Gasteiger partial charge on any atom is 0.358 e. The van der Waals surface area contributed by atoms with E-state index in [4.69, 9.17) is 0 Å². The fourth-order valence-electron chi connectivity index (χ4n) is 3.26. The number of aromatic nitrogens is 2. The molecule has 108 valence electrons. The predicted molar refractivity (Wildman–Crippen MR) is 74.7 cm³/mol. The lowest BCUT2D eigenvalue weighted by molar-refractivity contribution is 0.0592. The molecule has 0 aliphatic carbocycles. The summed E-state index contributed by atoms with van der Waals surface area (Å²) in [6.07, 6.45) is 4.85. The molecule has 1 aromatic heterocycles. The van der Waals surface area contributed by atoms with Gasteiger partial charge in [0.2, 0.25) is 0 Å². The molecular weight excluding hydrogens is 256 g/mol. The molecule has 0 radical (unpaired) electrons. The summed E-state index contributed by atoms with van der Waals surface area (Å²) in [5, 5.41) is 11.7. The number of methoxy groups -OCH3 is 1. The van der Waals surface area contributed by atoms with E-state index < -0.39 is 5.97 Å². The molecule has 0 aromatic carbocycles. The Morgan fingerprint density at radius 1 is 1.30 bits per heavy atom. The number of anilines is 1. The minimum absolute atomic E-state index is 0.245. The Balaban J connectivity index is 1.70. The zero-order valence-electron chi connectivity index (χ0n) is 11.9. The molecule has 2 unspecified atom stereocenters. The number of hydrogen-bond donors (Lipinski definition) is 1. The molecule has 3 heterocycles. The lowest BCUT2D eigenvalue weighted by Gasteiger charge is -2.36. The lowest BCUT2D eigenvalue weighted by atomic mass is 9.98. The number of carbonyl (C=O) groups is 1. The Labute approximate surface area is 118 Å².